The third-order valence-electron chi connectivity index (χ3n) is 4.42. The van der Waals surface area contributed by atoms with Crippen molar-refractivity contribution in [2.24, 2.45) is 4.99 Å². The average Bonchev–Trinajstić information content (AvgIpc) is 3.05. The Morgan fingerprint density at radius 1 is 1.35 bits per heavy atom. The van der Waals surface area contributed by atoms with Crippen molar-refractivity contribution in [1.29, 1.82) is 0 Å². The van der Waals surface area contributed by atoms with Gasteiger partial charge in [0.25, 0.3) is 0 Å². The zero-order valence-corrected chi connectivity index (χ0v) is 18.5. The number of halogens is 4. The van der Waals surface area contributed by atoms with Crippen molar-refractivity contribution in [3.05, 3.63) is 16.1 Å². The van der Waals surface area contributed by atoms with E-state index in [1.54, 1.807) is 18.4 Å². The fourth-order valence-electron chi connectivity index (χ4n) is 2.77. The summed E-state index contributed by atoms with van der Waals surface area (Å²) in [6.07, 6.45) is -0.453. The maximum absolute atomic E-state index is 12.8. The lowest BCUT2D eigenvalue weighted by Crippen LogP contribution is -2.56. The SMILES string of the molecule is CCc1cnc(CCNC(=NC)N2CCN(C(C)C(F)(F)F)CC2)s1.I. The lowest BCUT2D eigenvalue weighted by Gasteiger charge is -2.39. The number of rotatable bonds is 5. The molecule has 1 aromatic rings. The van der Waals surface area contributed by atoms with Crippen molar-refractivity contribution < 1.29 is 13.2 Å². The van der Waals surface area contributed by atoms with Crippen LogP contribution in [0.5, 0.6) is 0 Å². The van der Waals surface area contributed by atoms with Crippen LogP contribution in [-0.2, 0) is 12.8 Å². The Hall–Kier alpha value is -0.620. The quantitative estimate of drug-likeness (QED) is 0.380. The monoisotopic (exact) mass is 505 g/mol. The van der Waals surface area contributed by atoms with Gasteiger partial charge in [0.2, 0.25) is 0 Å². The summed E-state index contributed by atoms with van der Waals surface area (Å²) in [6, 6.07) is -1.40. The molecule has 1 saturated heterocycles. The summed E-state index contributed by atoms with van der Waals surface area (Å²) in [5, 5.41) is 4.38. The molecule has 1 atom stereocenters. The van der Waals surface area contributed by atoms with E-state index in [1.807, 2.05) is 11.1 Å². The largest absolute Gasteiger partial charge is 0.403 e. The molecule has 1 N–H and O–H groups in total. The van der Waals surface area contributed by atoms with Gasteiger partial charge < -0.3 is 10.2 Å². The highest BCUT2D eigenvalue weighted by Crippen LogP contribution is 2.25. The molecule has 2 rings (SSSR count). The van der Waals surface area contributed by atoms with Gasteiger partial charge in [0, 0.05) is 57.3 Å². The first-order valence-electron chi connectivity index (χ1n) is 8.55. The first-order chi connectivity index (χ1) is 11.8. The molecular weight excluding hydrogens is 478 g/mol. The van der Waals surface area contributed by atoms with E-state index in [2.05, 4.69) is 22.2 Å². The summed E-state index contributed by atoms with van der Waals surface area (Å²) >= 11 is 1.72. The number of alkyl halides is 3. The number of hydrogen-bond donors (Lipinski definition) is 1. The van der Waals surface area contributed by atoms with Crippen LogP contribution in [0.1, 0.15) is 23.7 Å². The lowest BCUT2D eigenvalue weighted by atomic mass is 10.2. The van der Waals surface area contributed by atoms with Crippen molar-refractivity contribution >= 4 is 41.3 Å². The number of thiazole rings is 1. The molecular formula is C16H27F3IN5S. The van der Waals surface area contributed by atoms with Gasteiger partial charge in [0.05, 0.1) is 5.01 Å². The number of piperazine rings is 1. The number of guanidine groups is 1. The third kappa shape index (κ3) is 6.52. The Morgan fingerprint density at radius 2 is 2.00 bits per heavy atom. The van der Waals surface area contributed by atoms with E-state index in [4.69, 9.17) is 0 Å². The van der Waals surface area contributed by atoms with E-state index in [0.29, 0.717) is 32.7 Å². The van der Waals surface area contributed by atoms with Gasteiger partial charge in [-0.05, 0) is 13.3 Å². The molecule has 150 valence electrons. The van der Waals surface area contributed by atoms with Gasteiger partial charge in [-0.25, -0.2) is 4.98 Å². The number of nitrogens with one attached hydrogen (secondary N) is 1. The van der Waals surface area contributed by atoms with E-state index in [0.717, 1.165) is 23.8 Å². The predicted octanol–water partition coefficient (Wildman–Crippen LogP) is 3.01. The van der Waals surface area contributed by atoms with Crippen LogP contribution >= 0.6 is 35.3 Å². The van der Waals surface area contributed by atoms with Crippen LogP contribution in [-0.4, -0.2) is 72.7 Å². The van der Waals surface area contributed by atoms with Crippen LogP contribution < -0.4 is 5.32 Å². The molecule has 1 aliphatic rings. The van der Waals surface area contributed by atoms with Gasteiger partial charge >= 0.3 is 6.18 Å². The first kappa shape index (κ1) is 23.4. The second-order valence-electron chi connectivity index (χ2n) is 6.04. The van der Waals surface area contributed by atoms with Gasteiger partial charge in [-0.1, -0.05) is 6.92 Å². The number of aliphatic imine (C=N–C) groups is 1. The van der Waals surface area contributed by atoms with Gasteiger partial charge in [0.1, 0.15) is 6.04 Å². The summed E-state index contributed by atoms with van der Waals surface area (Å²) in [5.74, 6) is 0.742. The number of hydrogen-bond acceptors (Lipinski definition) is 4. The molecule has 10 heteroatoms. The van der Waals surface area contributed by atoms with Crippen LogP contribution in [0.3, 0.4) is 0 Å². The molecule has 0 spiro atoms. The molecule has 1 aliphatic heterocycles. The van der Waals surface area contributed by atoms with E-state index in [1.165, 1.54) is 16.7 Å². The van der Waals surface area contributed by atoms with E-state index < -0.39 is 12.2 Å². The molecule has 1 fully saturated rings. The molecule has 0 amide bonds. The molecule has 0 bridgehead atoms. The van der Waals surface area contributed by atoms with Crippen LogP contribution in [0.2, 0.25) is 0 Å². The third-order valence-corrected chi connectivity index (χ3v) is 5.62. The fourth-order valence-corrected chi connectivity index (χ4v) is 3.63. The highest BCUT2D eigenvalue weighted by molar-refractivity contribution is 14.0. The topological polar surface area (TPSA) is 43.8 Å². The summed E-state index contributed by atoms with van der Waals surface area (Å²) in [6.45, 7) is 5.89. The number of aryl methyl sites for hydroxylation is 1. The maximum atomic E-state index is 12.8. The number of aromatic nitrogens is 1. The Labute approximate surface area is 174 Å². The Balaban J connectivity index is 0.00000338. The minimum atomic E-state index is -4.17. The van der Waals surface area contributed by atoms with Crippen LogP contribution in [0.15, 0.2) is 11.2 Å². The van der Waals surface area contributed by atoms with Crippen molar-refractivity contribution in [3.63, 3.8) is 0 Å². The van der Waals surface area contributed by atoms with Gasteiger partial charge in [0.15, 0.2) is 5.96 Å². The molecule has 1 unspecified atom stereocenters. The van der Waals surface area contributed by atoms with E-state index >= 15 is 0 Å². The standard InChI is InChI=1S/C16H26F3N5S.HI/c1-4-13-11-22-14(25-13)5-6-21-15(20-3)24-9-7-23(8-10-24)12(2)16(17,18)19;/h11-12H,4-10H2,1-3H3,(H,20,21);1H. The second kappa shape index (κ2) is 10.6. The van der Waals surface area contributed by atoms with Crippen LogP contribution in [0.25, 0.3) is 0 Å². The van der Waals surface area contributed by atoms with Crippen molar-refractivity contribution in [2.45, 2.75) is 38.9 Å². The molecule has 26 heavy (non-hydrogen) atoms. The highest BCUT2D eigenvalue weighted by Gasteiger charge is 2.41. The van der Waals surface area contributed by atoms with E-state index in [-0.39, 0.29) is 24.0 Å². The van der Waals surface area contributed by atoms with Crippen molar-refractivity contribution in [3.8, 4) is 0 Å². The summed E-state index contributed by atoms with van der Waals surface area (Å²) < 4.78 is 38.4. The first-order valence-corrected chi connectivity index (χ1v) is 9.36. The minimum Gasteiger partial charge on any atom is -0.356 e. The Kier molecular flexibility index (Phi) is 9.59. The maximum Gasteiger partial charge on any atom is 0.403 e. The zero-order valence-electron chi connectivity index (χ0n) is 15.3. The van der Waals surface area contributed by atoms with Crippen LogP contribution in [0, 0.1) is 0 Å². The average molecular weight is 505 g/mol. The van der Waals surface area contributed by atoms with Gasteiger partial charge in [-0.15, -0.1) is 35.3 Å². The van der Waals surface area contributed by atoms with Gasteiger partial charge in [-0.2, -0.15) is 13.2 Å². The molecule has 0 saturated carbocycles. The minimum absolute atomic E-state index is 0. The molecule has 0 radical (unpaired) electrons. The summed E-state index contributed by atoms with van der Waals surface area (Å²) in [4.78, 5) is 13.4. The van der Waals surface area contributed by atoms with Crippen molar-refractivity contribution in [1.82, 2.24) is 20.1 Å². The molecule has 0 aliphatic carbocycles. The summed E-state index contributed by atoms with van der Waals surface area (Å²) in [7, 11) is 1.70. The Morgan fingerprint density at radius 3 is 2.50 bits per heavy atom. The lowest BCUT2D eigenvalue weighted by molar-refractivity contribution is -0.181. The Bertz CT molecular complexity index is 570. The van der Waals surface area contributed by atoms with Gasteiger partial charge in [-0.3, -0.25) is 9.89 Å². The molecule has 2 heterocycles. The molecule has 0 aromatic carbocycles. The smallest absolute Gasteiger partial charge is 0.356 e. The highest BCUT2D eigenvalue weighted by atomic mass is 127. The number of nitrogens with zero attached hydrogens (tertiary/aromatic N) is 4. The molecule has 5 nitrogen and oxygen atoms in total. The predicted molar refractivity (Wildman–Crippen MR) is 111 cm³/mol. The molecule has 1 aromatic heterocycles. The normalized spacial score (nSPS) is 17.8. The second-order valence-corrected chi connectivity index (χ2v) is 7.24. The van der Waals surface area contributed by atoms with Crippen molar-refractivity contribution in [2.75, 3.05) is 39.8 Å². The zero-order chi connectivity index (χ0) is 18.4. The fraction of sp³-hybridized carbons (Fsp3) is 0.750. The summed E-state index contributed by atoms with van der Waals surface area (Å²) in [5.41, 5.74) is 0. The van der Waals surface area contributed by atoms with Crippen LogP contribution in [0.4, 0.5) is 13.2 Å². The van der Waals surface area contributed by atoms with E-state index in [9.17, 15) is 13.2 Å².